The molecule has 2 aromatic rings. The van der Waals surface area contributed by atoms with Crippen molar-refractivity contribution in [3.63, 3.8) is 0 Å². The standard InChI is InChI=1S/C21H25NO4/c1-21(2,3)13-4-5-17-16(10-13)19-20(26-7-6-25-19)18(22-17)12-8-14(23)11-15(24)9-12/h4-5,8-11,18-20,22-24H,6-7H2,1-3H3/t18-,19+,20-/m0/s1. The van der Waals surface area contributed by atoms with E-state index in [9.17, 15) is 10.2 Å². The molecule has 0 unspecified atom stereocenters. The van der Waals surface area contributed by atoms with Crippen LogP contribution in [0.2, 0.25) is 0 Å². The van der Waals surface area contributed by atoms with Gasteiger partial charge in [-0.1, -0.05) is 32.9 Å². The zero-order chi connectivity index (χ0) is 18.5. The normalized spacial score (nSPS) is 25.1. The van der Waals surface area contributed by atoms with Crippen molar-refractivity contribution in [1.82, 2.24) is 0 Å². The highest BCUT2D eigenvalue weighted by Crippen LogP contribution is 2.46. The molecular weight excluding hydrogens is 330 g/mol. The monoisotopic (exact) mass is 355 g/mol. The predicted octanol–water partition coefficient (Wildman–Crippen LogP) is 4.02. The Balaban J connectivity index is 1.79. The molecule has 26 heavy (non-hydrogen) atoms. The molecular formula is C21H25NO4. The smallest absolute Gasteiger partial charge is 0.119 e. The van der Waals surface area contributed by atoms with Crippen LogP contribution in [0.1, 0.15) is 49.6 Å². The molecule has 2 heterocycles. The Morgan fingerprint density at radius 1 is 0.962 bits per heavy atom. The second-order valence-electron chi connectivity index (χ2n) is 8.08. The molecule has 0 saturated carbocycles. The van der Waals surface area contributed by atoms with Gasteiger partial charge in [-0.05, 0) is 34.7 Å². The van der Waals surface area contributed by atoms with Gasteiger partial charge in [0.05, 0.1) is 19.3 Å². The van der Waals surface area contributed by atoms with Crippen molar-refractivity contribution in [1.29, 1.82) is 0 Å². The Hall–Kier alpha value is -2.24. The topological polar surface area (TPSA) is 71.0 Å². The molecule has 2 aromatic carbocycles. The van der Waals surface area contributed by atoms with E-state index in [2.05, 4.69) is 44.3 Å². The van der Waals surface area contributed by atoms with Gasteiger partial charge in [0.25, 0.3) is 0 Å². The third-order valence-electron chi connectivity index (χ3n) is 5.14. The Morgan fingerprint density at radius 3 is 2.35 bits per heavy atom. The summed E-state index contributed by atoms with van der Waals surface area (Å²) >= 11 is 0. The number of fused-ring (bicyclic) bond motifs is 3. The fourth-order valence-corrected chi connectivity index (χ4v) is 3.80. The van der Waals surface area contributed by atoms with Crippen molar-refractivity contribution in [2.45, 2.75) is 44.4 Å². The molecule has 3 atom stereocenters. The van der Waals surface area contributed by atoms with E-state index in [0.717, 1.165) is 16.8 Å². The molecule has 5 nitrogen and oxygen atoms in total. The summed E-state index contributed by atoms with van der Waals surface area (Å²) < 4.78 is 12.2. The van der Waals surface area contributed by atoms with Gasteiger partial charge >= 0.3 is 0 Å². The van der Waals surface area contributed by atoms with E-state index in [1.54, 1.807) is 12.1 Å². The molecule has 0 aliphatic carbocycles. The summed E-state index contributed by atoms with van der Waals surface area (Å²) in [5, 5.41) is 23.3. The van der Waals surface area contributed by atoms with Gasteiger partial charge in [0, 0.05) is 17.3 Å². The van der Waals surface area contributed by atoms with Crippen LogP contribution in [-0.2, 0) is 14.9 Å². The number of phenols is 2. The molecule has 0 radical (unpaired) electrons. The number of phenolic OH excluding ortho intramolecular Hbond substituents is 2. The van der Waals surface area contributed by atoms with E-state index >= 15 is 0 Å². The number of benzene rings is 2. The second kappa shape index (κ2) is 6.18. The first kappa shape index (κ1) is 17.2. The number of aromatic hydroxyl groups is 2. The van der Waals surface area contributed by atoms with E-state index in [4.69, 9.17) is 9.47 Å². The zero-order valence-corrected chi connectivity index (χ0v) is 15.3. The third-order valence-corrected chi connectivity index (χ3v) is 5.14. The quantitative estimate of drug-likeness (QED) is 0.721. The predicted molar refractivity (Wildman–Crippen MR) is 99.7 cm³/mol. The lowest BCUT2D eigenvalue weighted by Gasteiger charge is -2.43. The van der Waals surface area contributed by atoms with E-state index in [1.807, 2.05) is 0 Å². The third kappa shape index (κ3) is 3.02. The van der Waals surface area contributed by atoms with Crippen LogP contribution in [0.4, 0.5) is 5.69 Å². The largest absolute Gasteiger partial charge is 0.508 e. The first-order valence-corrected chi connectivity index (χ1v) is 9.00. The maximum absolute atomic E-state index is 9.88. The number of hydrogen-bond donors (Lipinski definition) is 3. The summed E-state index contributed by atoms with van der Waals surface area (Å²) in [7, 11) is 0. The molecule has 0 aromatic heterocycles. The van der Waals surface area contributed by atoms with Crippen LogP contribution in [-0.4, -0.2) is 29.5 Å². The van der Waals surface area contributed by atoms with Gasteiger partial charge in [0.2, 0.25) is 0 Å². The van der Waals surface area contributed by atoms with Crippen molar-refractivity contribution in [2.24, 2.45) is 0 Å². The summed E-state index contributed by atoms with van der Waals surface area (Å²) in [4.78, 5) is 0. The lowest BCUT2D eigenvalue weighted by Crippen LogP contribution is -2.43. The Kier molecular flexibility index (Phi) is 4.09. The fraction of sp³-hybridized carbons (Fsp3) is 0.429. The molecule has 1 fully saturated rings. The van der Waals surface area contributed by atoms with Crippen LogP contribution in [0.15, 0.2) is 36.4 Å². The highest BCUT2D eigenvalue weighted by Gasteiger charge is 2.41. The van der Waals surface area contributed by atoms with Crippen LogP contribution in [0.3, 0.4) is 0 Å². The number of anilines is 1. The van der Waals surface area contributed by atoms with Crippen molar-refractivity contribution in [3.05, 3.63) is 53.1 Å². The SMILES string of the molecule is CC(C)(C)c1ccc2c(c1)[C@H]1OCCO[C@H]1[C@H](c1cc(O)cc(O)c1)N2. The molecule has 3 N–H and O–H groups in total. The molecule has 4 rings (SSSR count). The molecule has 0 amide bonds. The lowest BCUT2D eigenvalue weighted by molar-refractivity contribution is -0.151. The summed E-state index contributed by atoms with van der Waals surface area (Å²) in [6.45, 7) is 7.66. The number of ether oxygens (including phenoxy) is 2. The highest BCUT2D eigenvalue weighted by atomic mass is 16.6. The fourth-order valence-electron chi connectivity index (χ4n) is 3.80. The van der Waals surface area contributed by atoms with Crippen molar-refractivity contribution >= 4 is 5.69 Å². The molecule has 2 aliphatic heterocycles. The first-order chi connectivity index (χ1) is 12.3. The summed E-state index contributed by atoms with van der Waals surface area (Å²) in [6, 6.07) is 10.8. The maximum atomic E-state index is 9.88. The van der Waals surface area contributed by atoms with Crippen molar-refractivity contribution < 1.29 is 19.7 Å². The summed E-state index contributed by atoms with van der Waals surface area (Å²) in [5.74, 6) is 0.0629. The van der Waals surface area contributed by atoms with E-state index in [1.165, 1.54) is 11.6 Å². The Bertz CT molecular complexity index is 807. The lowest BCUT2D eigenvalue weighted by atomic mass is 9.82. The summed E-state index contributed by atoms with van der Waals surface area (Å²) in [5.41, 5.74) is 4.17. The van der Waals surface area contributed by atoms with Gasteiger partial charge in [-0.3, -0.25) is 0 Å². The maximum Gasteiger partial charge on any atom is 0.119 e. The average Bonchev–Trinajstić information content (AvgIpc) is 2.59. The molecule has 0 spiro atoms. The zero-order valence-electron chi connectivity index (χ0n) is 15.3. The number of hydrogen-bond acceptors (Lipinski definition) is 5. The van der Waals surface area contributed by atoms with Crippen LogP contribution >= 0.6 is 0 Å². The van der Waals surface area contributed by atoms with Crippen LogP contribution in [0.25, 0.3) is 0 Å². The minimum absolute atomic E-state index is 0.0314. The van der Waals surface area contributed by atoms with Crippen LogP contribution in [0, 0.1) is 0 Å². The van der Waals surface area contributed by atoms with Crippen LogP contribution < -0.4 is 5.32 Å². The first-order valence-electron chi connectivity index (χ1n) is 9.00. The Morgan fingerprint density at radius 2 is 1.65 bits per heavy atom. The molecule has 5 heteroatoms. The van der Waals surface area contributed by atoms with E-state index < -0.39 is 0 Å². The van der Waals surface area contributed by atoms with Gasteiger partial charge in [0.15, 0.2) is 0 Å². The minimum Gasteiger partial charge on any atom is -0.508 e. The Labute approximate surface area is 153 Å². The highest BCUT2D eigenvalue weighted by molar-refractivity contribution is 5.60. The van der Waals surface area contributed by atoms with Gasteiger partial charge in [-0.2, -0.15) is 0 Å². The summed E-state index contributed by atoms with van der Waals surface area (Å²) in [6.07, 6.45) is -0.413. The minimum atomic E-state index is -0.229. The van der Waals surface area contributed by atoms with Gasteiger partial charge in [0.1, 0.15) is 23.7 Å². The van der Waals surface area contributed by atoms with E-state index in [-0.39, 0.29) is 35.2 Å². The average molecular weight is 355 g/mol. The van der Waals surface area contributed by atoms with Crippen molar-refractivity contribution in [3.8, 4) is 11.5 Å². The molecule has 2 aliphatic rings. The molecule has 1 saturated heterocycles. The van der Waals surface area contributed by atoms with Gasteiger partial charge in [-0.25, -0.2) is 0 Å². The van der Waals surface area contributed by atoms with E-state index in [0.29, 0.717) is 13.2 Å². The molecule has 0 bridgehead atoms. The second-order valence-corrected chi connectivity index (χ2v) is 8.08. The number of rotatable bonds is 1. The molecule has 138 valence electrons. The van der Waals surface area contributed by atoms with Gasteiger partial charge < -0.3 is 25.0 Å². The number of nitrogens with one attached hydrogen (secondary N) is 1. The van der Waals surface area contributed by atoms with Crippen LogP contribution in [0.5, 0.6) is 11.5 Å². The van der Waals surface area contributed by atoms with Crippen molar-refractivity contribution in [2.75, 3.05) is 18.5 Å². The van der Waals surface area contributed by atoms with Gasteiger partial charge in [-0.15, -0.1) is 0 Å².